The zero-order valence-corrected chi connectivity index (χ0v) is 15.5. The molecule has 0 spiro atoms. The maximum Gasteiger partial charge on any atom is 0.243 e. The van der Waals surface area contributed by atoms with Crippen LogP contribution >= 0.6 is 15.9 Å². The molecule has 1 heterocycles. The van der Waals surface area contributed by atoms with Gasteiger partial charge in [-0.05, 0) is 47.3 Å². The highest BCUT2D eigenvalue weighted by Gasteiger charge is 2.26. The Morgan fingerprint density at radius 3 is 2.59 bits per heavy atom. The molecule has 0 saturated carbocycles. The largest absolute Gasteiger partial charge is 0.492 e. The van der Waals surface area contributed by atoms with Crippen LogP contribution in [0.3, 0.4) is 0 Å². The summed E-state index contributed by atoms with van der Waals surface area (Å²) in [6.07, 6.45) is 6.22. The molecule has 0 atom stereocenters. The molecule has 0 aliphatic carbocycles. The van der Waals surface area contributed by atoms with Crippen LogP contribution in [0.2, 0.25) is 0 Å². The van der Waals surface area contributed by atoms with E-state index in [1.807, 2.05) is 0 Å². The SMILES string of the molecule is CCCCCOc1cc(S(=O)(=O)N2CCCCC2)ccc1Br. The van der Waals surface area contributed by atoms with Crippen LogP contribution < -0.4 is 4.74 Å². The van der Waals surface area contributed by atoms with Gasteiger partial charge in [0.25, 0.3) is 0 Å². The number of benzene rings is 1. The van der Waals surface area contributed by atoms with E-state index in [-0.39, 0.29) is 0 Å². The summed E-state index contributed by atoms with van der Waals surface area (Å²) in [7, 11) is -3.40. The Morgan fingerprint density at radius 1 is 1.18 bits per heavy atom. The highest BCUT2D eigenvalue weighted by atomic mass is 79.9. The van der Waals surface area contributed by atoms with Gasteiger partial charge in [-0.2, -0.15) is 4.31 Å². The number of ether oxygens (including phenoxy) is 1. The lowest BCUT2D eigenvalue weighted by molar-refractivity contribution is 0.303. The van der Waals surface area contributed by atoms with E-state index in [0.717, 1.165) is 43.0 Å². The molecule has 1 aromatic carbocycles. The summed E-state index contributed by atoms with van der Waals surface area (Å²) in [4.78, 5) is 0.322. The summed E-state index contributed by atoms with van der Waals surface area (Å²) in [5.41, 5.74) is 0. The molecular formula is C16H24BrNO3S. The Kier molecular flexibility index (Phi) is 6.71. The molecule has 6 heteroatoms. The van der Waals surface area contributed by atoms with E-state index < -0.39 is 10.0 Å². The Labute approximate surface area is 142 Å². The average Bonchev–Trinajstić information content (AvgIpc) is 2.54. The minimum atomic E-state index is -3.40. The Hall–Kier alpha value is -0.590. The fraction of sp³-hybridized carbons (Fsp3) is 0.625. The second-order valence-electron chi connectivity index (χ2n) is 5.61. The first kappa shape index (κ1) is 17.8. The first-order valence-electron chi connectivity index (χ1n) is 7.98. The fourth-order valence-electron chi connectivity index (χ4n) is 2.54. The lowest BCUT2D eigenvalue weighted by Gasteiger charge is -2.26. The number of unbranched alkanes of at least 4 members (excludes halogenated alkanes) is 2. The predicted octanol–water partition coefficient (Wildman–Crippen LogP) is 4.19. The molecular weight excluding hydrogens is 366 g/mol. The van der Waals surface area contributed by atoms with Gasteiger partial charge >= 0.3 is 0 Å². The van der Waals surface area contributed by atoms with Crippen molar-refractivity contribution in [3.63, 3.8) is 0 Å². The Morgan fingerprint density at radius 2 is 1.91 bits per heavy atom. The van der Waals surface area contributed by atoms with Crippen LogP contribution in [0.25, 0.3) is 0 Å². The highest BCUT2D eigenvalue weighted by molar-refractivity contribution is 9.10. The van der Waals surface area contributed by atoms with Gasteiger partial charge in [0, 0.05) is 19.2 Å². The first-order valence-corrected chi connectivity index (χ1v) is 10.2. The topological polar surface area (TPSA) is 46.6 Å². The van der Waals surface area contributed by atoms with Gasteiger partial charge in [0.05, 0.1) is 16.0 Å². The molecule has 0 aromatic heterocycles. The van der Waals surface area contributed by atoms with Crippen molar-refractivity contribution in [3.8, 4) is 5.75 Å². The maximum atomic E-state index is 12.7. The maximum absolute atomic E-state index is 12.7. The average molecular weight is 390 g/mol. The summed E-state index contributed by atoms with van der Waals surface area (Å²) in [6, 6.07) is 5.04. The predicted molar refractivity (Wildman–Crippen MR) is 91.8 cm³/mol. The van der Waals surface area contributed by atoms with Crippen LogP contribution in [0.4, 0.5) is 0 Å². The highest BCUT2D eigenvalue weighted by Crippen LogP contribution is 2.30. The minimum Gasteiger partial charge on any atom is -0.492 e. The number of rotatable bonds is 7. The van der Waals surface area contributed by atoms with Gasteiger partial charge in [0.2, 0.25) is 10.0 Å². The van der Waals surface area contributed by atoms with Crippen LogP contribution in [0.5, 0.6) is 5.75 Å². The van der Waals surface area contributed by atoms with Crippen LogP contribution in [-0.4, -0.2) is 32.4 Å². The molecule has 0 radical (unpaired) electrons. The van der Waals surface area contributed by atoms with Gasteiger partial charge in [0.15, 0.2) is 0 Å². The standard InChI is InChI=1S/C16H24BrNO3S/c1-2-3-7-12-21-16-13-14(8-9-15(16)17)22(19,20)18-10-5-4-6-11-18/h8-9,13H,2-7,10-12H2,1H3. The normalized spacial score (nSPS) is 16.6. The van der Waals surface area contributed by atoms with Gasteiger partial charge in [-0.15, -0.1) is 0 Å². The quantitative estimate of drug-likeness (QED) is 0.656. The van der Waals surface area contributed by atoms with Crippen molar-refractivity contribution >= 4 is 26.0 Å². The number of hydrogen-bond acceptors (Lipinski definition) is 3. The van der Waals surface area contributed by atoms with E-state index in [9.17, 15) is 8.42 Å². The van der Waals surface area contributed by atoms with Crippen LogP contribution in [0.15, 0.2) is 27.6 Å². The van der Waals surface area contributed by atoms with E-state index in [4.69, 9.17) is 4.74 Å². The fourth-order valence-corrected chi connectivity index (χ4v) is 4.44. The third-order valence-corrected chi connectivity index (χ3v) is 6.41. The van der Waals surface area contributed by atoms with Crippen molar-refractivity contribution in [1.29, 1.82) is 0 Å². The lowest BCUT2D eigenvalue weighted by Crippen LogP contribution is -2.35. The molecule has 124 valence electrons. The molecule has 0 amide bonds. The first-order chi connectivity index (χ1) is 10.6. The second-order valence-corrected chi connectivity index (χ2v) is 8.40. The molecule has 1 fully saturated rings. The Bertz CT molecular complexity index is 583. The smallest absolute Gasteiger partial charge is 0.243 e. The zero-order chi connectivity index (χ0) is 16.0. The molecule has 0 N–H and O–H groups in total. The molecule has 4 nitrogen and oxygen atoms in total. The third kappa shape index (κ3) is 4.46. The summed E-state index contributed by atoms with van der Waals surface area (Å²) in [5.74, 6) is 0.606. The molecule has 1 saturated heterocycles. The molecule has 2 rings (SSSR count). The van der Waals surface area contributed by atoms with E-state index in [1.165, 1.54) is 0 Å². The van der Waals surface area contributed by atoms with Gasteiger partial charge in [-0.25, -0.2) is 8.42 Å². The van der Waals surface area contributed by atoms with E-state index >= 15 is 0 Å². The third-order valence-electron chi connectivity index (χ3n) is 3.86. The summed E-state index contributed by atoms with van der Waals surface area (Å²) in [6.45, 7) is 3.98. The van der Waals surface area contributed by atoms with Gasteiger partial charge in [0.1, 0.15) is 5.75 Å². The molecule has 0 bridgehead atoms. The Balaban J connectivity index is 2.13. The number of sulfonamides is 1. The summed E-state index contributed by atoms with van der Waals surface area (Å²) < 4.78 is 33.5. The van der Waals surface area contributed by atoms with Crippen LogP contribution in [-0.2, 0) is 10.0 Å². The number of halogens is 1. The minimum absolute atomic E-state index is 0.322. The van der Waals surface area contributed by atoms with Gasteiger partial charge < -0.3 is 4.74 Å². The number of hydrogen-bond donors (Lipinski definition) is 0. The van der Waals surface area contributed by atoms with E-state index in [1.54, 1.807) is 22.5 Å². The molecule has 1 aliphatic heterocycles. The van der Waals surface area contributed by atoms with Gasteiger partial charge in [-0.1, -0.05) is 26.2 Å². The molecule has 22 heavy (non-hydrogen) atoms. The number of nitrogens with zero attached hydrogens (tertiary/aromatic N) is 1. The van der Waals surface area contributed by atoms with Crippen molar-refractivity contribution in [1.82, 2.24) is 4.31 Å². The summed E-state index contributed by atoms with van der Waals surface area (Å²) >= 11 is 3.43. The van der Waals surface area contributed by atoms with Gasteiger partial charge in [-0.3, -0.25) is 0 Å². The molecule has 1 aromatic rings. The number of piperidine rings is 1. The van der Waals surface area contributed by atoms with E-state index in [0.29, 0.717) is 30.3 Å². The van der Waals surface area contributed by atoms with E-state index in [2.05, 4.69) is 22.9 Å². The lowest BCUT2D eigenvalue weighted by atomic mass is 10.2. The van der Waals surface area contributed by atoms with Crippen LogP contribution in [0.1, 0.15) is 45.4 Å². The molecule has 1 aliphatic rings. The van der Waals surface area contributed by atoms with Crippen molar-refractivity contribution in [2.75, 3.05) is 19.7 Å². The van der Waals surface area contributed by atoms with Crippen molar-refractivity contribution in [3.05, 3.63) is 22.7 Å². The van der Waals surface area contributed by atoms with Crippen LogP contribution in [0, 0.1) is 0 Å². The second kappa shape index (κ2) is 8.31. The monoisotopic (exact) mass is 389 g/mol. The van der Waals surface area contributed by atoms with Crippen molar-refractivity contribution in [2.45, 2.75) is 50.3 Å². The zero-order valence-electron chi connectivity index (χ0n) is 13.1. The molecule has 0 unspecified atom stereocenters. The van der Waals surface area contributed by atoms with Crippen molar-refractivity contribution < 1.29 is 13.2 Å². The van der Waals surface area contributed by atoms with Crippen molar-refractivity contribution in [2.24, 2.45) is 0 Å². The summed E-state index contributed by atoms with van der Waals surface area (Å²) in [5, 5.41) is 0.